The largest absolute Gasteiger partial charge is 0.462 e. The lowest BCUT2D eigenvalue weighted by molar-refractivity contribution is -0.167. The Morgan fingerprint density at radius 3 is 0.969 bits per heavy atom. The van der Waals surface area contributed by atoms with E-state index in [2.05, 4.69) is 93.7 Å². The van der Waals surface area contributed by atoms with Crippen molar-refractivity contribution in [3.8, 4) is 0 Å². The molecule has 0 saturated heterocycles. The third kappa shape index (κ3) is 49.9. The summed E-state index contributed by atoms with van der Waals surface area (Å²) in [6, 6.07) is 0. The monoisotopic (exact) mass is 893 g/mol. The SMILES string of the molecule is CCCC/C=C\C/C=C\CCCCCCCC(=O)OC[C@H](COC(=O)CCCCCC/C=C\C/C=C\C/C=C\CCCCC)OC(=O)CCCCCCC/C=C\CCCCCCCC. The Morgan fingerprint density at radius 2 is 0.578 bits per heavy atom. The van der Waals surface area contributed by atoms with Crippen molar-refractivity contribution < 1.29 is 28.6 Å². The molecule has 0 heterocycles. The smallest absolute Gasteiger partial charge is 0.306 e. The van der Waals surface area contributed by atoms with Crippen LogP contribution in [0.2, 0.25) is 0 Å². The Bertz CT molecular complexity index is 1210. The molecular formula is C58H100O6. The molecule has 1 atom stereocenters. The van der Waals surface area contributed by atoms with Crippen LogP contribution in [0.25, 0.3) is 0 Å². The van der Waals surface area contributed by atoms with Gasteiger partial charge in [-0.2, -0.15) is 0 Å². The minimum Gasteiger partial charge on any atom is -0.462 e. The highest BCUT2D eigenvalue weighted by Crippen LogP contribution is 2.14. The maximum Gasteiger partial charge on any atom is 0.306 e. The van der Waals surface area contributed by atoms with E-state index in [9.17, 15) is 14.4 Å². The molecule has 6 nitrogen and oxygen atoms in total. The van der Waals surface area contributed by atoms with Crippen LogP contribution in [-0.4, -0.2) is 37.2 Å². The lowest BCUT2D eigenvalue weighted by Gasteiger charge is -2.18. The van der Waals surface area contributed by atoms with Gasteiger partial charge in [-0.3, -0.25) is 14.4 Å². The fraction of sp³-hybridized carbons (Fsp3) is 0.741. The van der Waals surface area contributed by atoms with Crippen molar-refractivity contribution in [2.75, 3.05) is 13.2 Å². The zero-order chi connectivity index (χ0) is 46.5. The van der Waals surface area contributed by atoms with Crippen molar-refractivity contribution in [1.29, 1.82) is 0 Å². The average Bonchev–Trinajstić information content (AvgIpc) is 3.29. The van der Waals surface area contributed by atoms with Crippen LogP contribution in [0, 0.1) is 0 Å². The van der Waals surface area contributed by atoms with Crippen LogP contribution in [0.4, 0.5) is 0 Å². The van der Waals surface area contributed by atoms with E-state index < -0.39 is 6.10 Å². The standard InChI is InChI=1S/C58H100O6/c1-4-7-10-13-16-19-22-25-28-29-31-33-36-39-42-45-48-51-57(60)63-54-55(53-62-56(59)50-47-44-41-38-35-32-27-24-21-18-15-12-9-6-3)64-58(61)52-49-46-43-40-37-34-30-26-23-20-17-14-11-8-5-2/h15-16,18-19,24-28,30-31,33,55H,4-14,17,20-23,29,32,34-54H2,1-3H3/b18-15-,19-16-,27-24-,28-25-,30-26-,33-31-/t55-/m1/s1. The number of ether oxygens (including phenoxy) is 3. The van der Waals surface area contributed by atoms with E-state index in [0.29, 0.717) is 19.3 Å². The van der Waals surface area contributed by atoms with E-state index in [4.69, 9.17) is 14.2 Å². The Labute approximate surface area is 395 Å². The van der Waals surface area contributed by atoms with Crippen LogP contribution in [-0.2, 0) is 28.6 Å². The first kappa shape index (κ1) is 60.9. The molecule has 0 amide bonds. The van der Waals surface area contributed by atoms with E-state index in [1.807, 2.05) is 0 Å². The van der Waals surface area contributed by atoms with Gasteiger partial charge in [-0.25, -0.2) is 0 Å². The summed E-state index contributed by atoms with van der Waals surface area (Å²) in [6.45, 7) is 6.53. The molecular weight excluding hydrogens is 793 g/mol. The van der Waals surface area contributed by atoms with E-state index in [1.165, 1.54) is 96.3 Å². The van der Waals surface area contributed by atoms with Crippen LogP contribution in [0.15, 0.2) is 72.9 Å². The second kappa shape index (κ2) is 52.5. The fourth-order valence-electron chi connectivity index (χ4n) is 7.28. The predicted octanol–water partition coefficient (Wildman–Crippen LogP) is 17.8. The summed E-state index contributed by atoms with van der Waals surface area (Å²) in [7, 11) is 0. The Hall–Kier alpha value is -3.15. The number of hydrogen-bond donors (Lipinski definition) is 0. The Morgan fingerprint density at radius 1 is 0.312 bits per heavy atom. The zero-order valence-corrected chi connectivity index (χ0v) is 42.0. The number of unbranched alkanes of at least 4 members (excludes halogenated alkanes) is 25. The van der Waals surface area contributed by atoms with Gasteiger partial charge >= 0.3 is 17.9 Å². The minimum absolute atomic E-state index is 0.0934. The van der Waals surface area contributed by atoms with Crippen LogP contribution >= 0.6 is 0 Å². The van der Waals surface area contributed by atoms with Crippen LogP contribution < -0.4 is 0 Å². The number of rotatable bonds is 48. The second-order valence-corrected chi connectivity index (χ2v) is 17.8. The lowest BCUT2D eigenvalue weighted by atomic mass is 10.1. The molecule has 0 bridgehead atoms. The van der Waals surface area contributed by atoms with Gasteiger partial charge in [0.15, 0.2) is 6.10 Å². The van der Waals surface area contributed by atoms with Crippen molar-refractivity contribution in [3.05, 3.63) is 72.9 Å². The third-order valence-corrected chi connectivity index (χ3v) is 11.4. The van der Waals surface area contributed by atoms with Crippen molar-refractivity contribution in [2.45, 2.75) is 264 Å². The molecule has 0 saturated carbocycles. The minimum atomic E-state index is -0.794. The average molecular weight is 893 g/mol. The van der Waals surface area contributed by atoms with E-state index in [0.717, 1.165) is 122 Å². The van der Waals surface area contributed by atoms with Crippen molar-refractivity contribution in [3.63, 3.8) is 0 Å². The van der Waals surface area contributed by atoms with Gasteiger partial charge < -0.3 is 14.2 Å². The van der Waals surface area contributed by atoms with Gasteiger partial charge in [-0.15, -0.1) is 0 Å². The molecule has 64 heavy (non-hydrogen) atoms. The Kier molecular flexibility index (Phi) is 49.9. The van der Waals surface area contributed by atoms with Crippen LogP contribution in [0.5, 0.6) is 0 Å². The molecule has 6 heteroatoms. The molecule has 0 aromatic rings. The summed E-state index contributed by atoms with van der Waals surface area (Å²) < 4.78 is 16.8. The lowest BCUT2D eigenvalue weighted by Crippen LogP contribution is -2.30. The van der Waals surface area contributed by atoms with E-state index in [-0.39, 0.29) is 31.1 Å². The highest BCUT2D eigenvalue weighted by molar-refractivity contribution is 5.71. The number of hydrogen-bond acceptors (Lipinski definition) is 6. The van der Waals surface area contributed by atoms with Crippen molar-refractivity contribution >= 4 is 17.9 Å². The molecule has 368 valence electrons. The molecule has 0 aliphatic rings. The second-order valence-electron chi connectivity index (χ2n) is 17.8. The first-order valence-electron chi connectivity index (χ1n) is 26.9. The summed E-state index contributed by atoms with van der Waals surface area (Å²) in [6.07, 6.45) is 65.9. The zero-order valence-electron chi connectivity index (χ0n) is 42.0. The highest BCUT2D eigenvalue weighted by atomic mass is 16.6. The predicted molar refractivity (Wildman–Crippen MR) is 274 cm³/mol. The molecule has 0 spiro atoms. The van der Waals surface area contributed by atoms with Gasteiger partial charge in [-0.1, -0.05) is 203 Å². The topological polar surface area (TPSA) is 78.9 Å². The summed E-state index contributed by atoms with van der Waals surface area (Å²) in [4.78, 5) is 38.0. The first-order valence-corrected chi connectivity index (χ1v) is 26.9. The molecule has 0 aromatic heterocycles. The maximum atomic E-state index is 12.8. The quantitative estimate of drug-likeness (QED) is 0.0262. The van der Waals surface area contributed by atoms with E-state index >= 15 is 0 Å². The Balaban J connectivity index is 4.46. The summed E-state index contributed by atoms with van der Waals surface area (Å²) in [5.41, 5.74) is 0. The number of allylic oxidation sites excluding steroid dienone is 12. The summed E-state index contributed by atoms with van der Waals surface area (Å²) >= 11 is 0. The maximum absolute atomic E-state index is 12.8. The molecule has 0 radical (unpaired) electrons. The van der Waals surface area contributed by atoms with Gasteiger partial charge in [0.1, 0.15) is 13.2 Å². The van der Waals surface area contributed by atoms with Crippen LogP contribution in [0.1, 0.15) is 258 Å². The van der Waals surface area contributed by atoms with Gasteiger partial charge in [0, 0.05) is 19.3 Å². The number of esters is 3. The van der Waals surface area contributed by atoms with Crippen molar-refractivity contribution in [1.82, 2.24) is 0 Å². The molecule has 0 rings (SSSR count). The molecule has 0 aromatic carbocycles. The third-order valence-electron chi connectivity index (χ3n) is 11.4. The van der Waals surface area contributed by atoms with E-state index in [1.54, 1.807) is 0 Å². The van der Waals surface area contributed by atoms with Gasteiger partial charge in [-0.05, 0) is 109 Å². The van der Waals surface area contributed by atoms with Crippen LogP contribution in [0.3, 0.4) is 0 Å². The number of carbonyl (C=O) groups excluding carboxylic acids is 3. The first-order chi connectivity index (χ1) is 31.5. The van der Waals surface area contributed by atoms with Gasteiger partial charge in [0.05, 0.1) is 0 Å². The normalized spacial score (nSPS) is 12.6. The molecule has 0 aliphatic carbocycles. The molecule has 0 unspecified atom stereocenters. The highest BCUT2D eigenvalue weighted by Gasteiger charge is 2.19. The van der Waals surface area contributed by atoms with Gasteiger partial charge in [0.25, 0.3) is 0 Å². The fourth-order valence-corrected chi connectivity index (χ4v) is 7.28. The van der Waals surface area contributed by atoms with Crippen molar-refractivity contribution in [2.24, 2.45) is 0 Å². The number of carbonyl (C=O) groups is 3. The summed E-state index contributed by atoms with van der Waals surface area (Å²) in [5, 5.41) is 0. The molecule has 0 aliphatic heterocycles. The summed E-state index contributed by atoms with van der Waals surface area (Å²) in [5.74, 6) is -0.933. The van der Waals surface area contributed by atoms with Gasteiger partial charge in [0.2, 0.25) is 0 Å². The molecule has 0 fully saturated rings. The molecule has 0 N–H and O–H groups in total.